The van der Waals surface area contributed by atoms with Crippen molar-refractivity contribution in [2.75, 3.05) is 23.0 Å². The number of fused-ring (bicyclic) bond motifs is 1. The first-order chi connectivity index (χ1) is 11.6. The number of carbonyl (C=O) groups is 2. The summed E-state index contributed by atoms with van der Waals surface area (Å²) in [5.41, 5.74) is 2.31. The molecule has 2 N–H and O–H groups in total. The van der Waals surface area contributed by atoms with Crippen LogP contribution in [0.1, 0.15) is 5.56 Å². The monoisotopic (exact) mass is 362 g/mol. The predicted octanol–water partition coefficient (Wildman–Crippen LogP) is 3.54. The highest BCUT2D eigenvalue weighted by Crippen LogP contribution is 2.30. The molecule has 0 spiro atoms. The molecule has 2 aromatic carbocycles. The fourth-order valence-corrected chi connectivity index (χ4v) is 3.11. The van der Waals surface area contributed by atoms with E-state index in [4.69, 9.17) is 16.3 Å². The second kappa shape index (κ2) is 7.59. The number of anilines is 2. The van der Waals surface area contributed by atoms with Gasteiger partial charge in [-0.1, -0.05) is 23.7 Å². The van der Waals surface area contributed by atoms with Crippen molar-refractivity contribution in [3.8, 4) is 5.75 Å². The zero-order valence-electron chi connectivity index (χ0n) is 12.7. The number of rotatable bonds is 5. The van der Waals surface area contributed by atoms with Crippen molar-refractivity contribution in [2.45, 2.75) is 5.75 Å². The quantitative estimate of drug-likeness (QED) is 0.853. The van der Waals surface area contributed by atoms with Crippen LogP contribution in [-0.4, -0.2) is 24.2 Å². The lowest BCUT2D eigenvalue weighted by atomic mass is 10.2. The summed E-state index contributed by atoms with van der Waals surface area (Å²) in [6.45, 7) is 0.0139. The van der Waals surface area contributed by atoms with Crippen molar-refractivity contribution in [3.05, 3.63) is 53.1 Å². The number of benzene rings is 2. The molecule has 2 aromatic rings. The summed E-state index contributed by atoms with van der Waals surface area (Å²) in [5, 5.41) is 6.23. The van der Waals surface area contributed by atoms with E-state index in [2.05, 4.69) is 10.6 Å². The molecule has 1 heterocycles. The normalized spacial score (nSPS) is 12.8. The molecule has 0 saturated heterocycles. The summed E-state index contributed by atoms with van der Waals surface area (Å²) in [5.74, 6) is 1.37. The lowest BCUT2D eigenvalue weighted by Crippen LogP contribution is -2.25. The van der Waals surface area contributed by atoms with Gasteiger partial charge in [0.2, 0.25) is 5.91 Å². The smallest absolute Gasteiger partial charge is 0.262 e. The fraction of sp³-hybridized carbons (Fsp3) is 0.176. The van der Waals surface area contributed by atoms with E-state index in [0.29, 0.717) is 27.9 Å². The maximum Gasteiger partial charge on any atom is 0.262 e. The lowest BCUT2D eigenvalue weighted by molar-refractivity contribution is -0.118. The highest BCUT2D eigenvalue weighted by atomic mass is 35.5. The number of nitrogens with one attached hydrogen (secondary N) is 2. The number of ether oxygens (including phenoxy) is 1. The van der Waals surface area contributed by atoms with E-state index in [0.717, 1.165) is 11.3 Å². The predicted molar refractivity (Wildman–Crippen MR) is 96.8 cm³/mol. The van der Waals surface area contributed by atoms with Crippen LogP contribution in [0.3, 0.4) is 0 Å². The topological polar surface area (TPSA) is 67.4 Å². The minimum Gasteiger partial charge on any atom is -0.482 e. The van der Waals surface area contributed by atoms with Gasteiger partial charge in [0.1, 0.15) is 5.75 Å². The summed E-state index contributed by atoms with van der Waals surface area (Å²) >= 11 is 7.36. The average molecular weight is 363 g/mol. The molecule has 5 nitrogen and oxygen atoms in total. The first kappa shape index (κ1) is 16.7. The number of amides is 2. The summed E-state index contributed by atoms with van der Waals surface area (Å²) in [4.78, 5) is 23.3. The van der Waals surface area contributed by atoms with Gasteiger partial charge in [-0.15, -0.1) is 11.8 Å². The third-order valence-corrected chi connectivity index (χ3v) is 4.57. The Morgan fingerprint density at radius 2 is 2.04 bits per heavy atom. The molecule has 0 fully saturated rings. The lowest BCUT2D eigenvalue weighted by Gasteiger charge is -2.18. The molecule has 3 rings (SSSR count). The molecule has 1 aliphatic rings. The highest BCUT2D eigenvalue weighted by Gasteiger charge is 2.16. The molecule has 7 heteroatoms. The maximum absolute atomic E-state index is 12.0. The molecule has 0 aromatic heterocycles. The van der Waals surface area contributed by atoms with Crippen LogP contribution in [0, 0.1) is 0 Å². The van der Waals surface area contributed by atoms with Crippen LogP contribution in [0.5, 0.6) is 5.75 Å². The van der Waals surface area contributed by atoms with E-state index in [1.54, 1.807) is 18.2 Å². The molecule has 2 amide bonds. The highest BCUT2D eigenvalue weighted by molar-refractivity contribution is 7.99. The summed E-state index contributed by atoms with van der Waals surface area (Å²) in [6, 6.07) is 12.7. The molecule has 0 radical (unpaired) electrons. The minimum absolute atomic E-state index is 0.0139. The van der Waals surface area contributed by atoms with Crippen molar-refractivity contribution in [1.29, 1.82) is 0 Å². The molecule has 124 valence electrons. The van der Waals surface area contributed by atoms with Gasteiger partial charge in [0.05, 0.1) is 11.4 Å². The summed E-state index contributed by atoms with van der Waals surface area (Å²) < 4.78 is 5.28. The second-order valence-corrected chi connectivity index (χ2v) is 6.64. The Balaban J connectivity index is 1.50. The van der Waals surface area contributed by atoms with E-state index in [9.17, 15) is 9.59 Å². The van der Waals surface area contributed by atoms with Crippen molar-refractivity contribution < 1.29 is 14.3 Å². The van der Waals surface area contributed by atoms with E-state index in [-0.39, 0.29) is 18.4 Å². The molecule has 1 aliphatic heterocycles. The molecular formula is C17H15ClN2O3S. The van der Waals surface area contributed by atoms with Crippen LogP contribution in [0.25, 0.3) is 0 Å². The van der Waals surface area contributed by atoms with Gasteiger partial charge in [-0.05, 0) is 35.9 Å². The average Bonchev–Trinajstić information content (AvgIpc) is 2.56. The number of thioether (sulfide) groups is 1. The van der Waals surface area contributed by atoms with Crippen molar-refractivity contribution in [1.82, 2.24) is 0 Å². The van der Waals surface area contributed by atoms with Gasteiger partial charge >= 0.3 is 0 Å². The number of hydrogen-bond acceptors (Lipinski definition) is 4. The van der Waals surface area contributed by atoms with Crippen LogP contribution in [0.15, 0.2) is 42.5 Å². The Labute approximate surface area is 148 Å². The van der Waals surface area contributed by atoms with E-state index in [1.165, 1.54) is 11.8 Å². The zero-order chi connectivity index (χ0) is 16.9. The van der Waals surface area contributed by atoms with Gasteiger partial charge in [-0.2, -0.15) is 0 Å². The van der Waals surface area contributed by atoms with Crippen LogP contribution < -0.4 is 15.4 Å². The Morgan fingerprint density at radius 3 is 2.83 bits per heavy atom. The molecule has 24 heavy (non-hydrogen) atoms. The van der Waals surface area contributed by atoms with Gasteiger partial charge in [0, 0.05) is 16.5 Å². The third kappa shape index (κ3) is 4.43. The first-order valence-electron chi connectivity index (χ1n) is 7.29. The Kier molecular flexibility index (Phi) is 5.27. The van der Waals surface area contributed by atoms with Gasteiger partial charge in [0.15, 0.2) is 6.61 Å². The third-order valence-electron chi connectivity index (χ3n) is 3.31. The van der Waals surface area contributed by atoms with Crippen LogP contribution in [0.4, 0.5) is 11.4 Å². The van der Waals surface area contributed by atoms with Crippen LogP contribution in [-0.2, 0) is 15.3 Å². The van der Waals surface area contributed by atoms with Crippen LogP contribution in [0.2, 0.25) is 5.02 Å². The van der Waals surface area contributed by atoms with Crippen molar-refractivity contribution in [3.63, 3.8) is 0 Å². The van der Waals surface area contributed by atoms with Gasteiger partial charge in [-0.25, -0.2) is 0 Å². The molecule has 0 atom stereocenters. The Hall–Kier alpha value is -2.18. The molecular weight excluding hydrogens is 348 g/mol. The van der Waals surface area contributed by atoms with E-state index < -0.39 is 0 Å². The number of halogens is 1. The zero-order valence-corrected chi connectivity index (χ0v) is 14.2. The Morgan fingerprint density at radius 1 is 1.25 bits per heavy atom. The van der Waals surface area contributed by atoms with Gasteiger partial charge in [0.25, 0.3) is 5.91 Å². The molecule has 0 aliphatic carbocycles. The maximum atomic E-state index is 12.0. The molecule has 0 saturated carbocycles. The van der Waals surface area contributed by atoms with Crippen molar-refractivity contribution >= 4 is 46.6 Å². The number of hydrogen-bond donors (Lipinski definition) is 2. The standard InChI is InChI=1S/C17H15ClN2O3S/c18-12-3-1-11(2-4-12)9-24-10-17(22)19-13-5-6-15-14(7-13)20-16(21)8-23-15/h1-7H,8-10H2,(H,19,22)(H,20,21). The molecule has 0 bridgehead atoms. The molecule has 0 unspecified atom stereocenters. The Bertz CT molecular complexity index is 765. The SMILES string of the molecule is O=C(CSCc1ccc(Cl)cc1)Nc1ccc2c(c1)NC(=O)CO2. The summed E-state index contributed by atoms with van der Waals surface area (Å²) in [6.07, 6.45) is 0. The van der Waals surface area contributed by atoms with Gasteiger partial charge in [-0.3, -0.25) is 9.59 Å². The van der Waals surface area contributed by atoms with Gasteiger partial charge < -0.3 is 15.4 Å². The van der Waals surface area contributed by atoms with E-state index >= 15 is 0 Å². The number of carbonyl (C=O) groups excluding carboxylic acids is 2. The van der Waals surface area contributed by atoms with E-state index in [1.807, 2.05) is 24.3 Å². The van der Waals surface area contributed by atoms with Crippen LogP contribution >= 0.6 is 23.4 Å². The largest absolute Gasteiger partial charge is 0.482 e. The summed E-state index contributed by atoms with van der Waals surface area (Å²) in [7, 11) is 0. The fourth-order valence-electron chi connectivity index (χ4n) is 2.20. The second-order valence-electron chi connectivity index (χ2n) is 5.22. The first-order valence-corrected chi connectivity index (χ1v) is 8.82. The minimum atomic E-state index is -0.204. The van der Waals surface area contributed by atoms with Crippen molar-refractivity contribution in [2.24, 2.45) is 0 Å².